The van der Waals surface area contributed by atoms with Crippen LogP contribution in [0.2, 0.25) is 0 Å². The van der Waals surface area contributed by atoms with Crippen LogP contribution in [0.5, 0.6) is 0 Å². The van der Waals surface area contributed by atoms with Crippen LogP contribution in [-0.4, -0.2) is 28.9 Å². The topological polar surface area (TPSA) is 36.1 Å². The number of hydrogen-bond donors (Lipinski definition) is 1. The van der Waals surface area contributed by atoms with Crippen molar-refractivity contribution in [2.45, 2.75) is 20.8 Å². The first kappa shape index (κ1) is 13.4. The van der Waals surface area contributed by atoms with Gasteiger partial charge in [-0.25, -0.2) is 0 Å². The third-order valence-corrected chi connectivity index (χ3v) is 3.57. The van der Waals surface area contributed by atoms with Crippen LogP contribution < -0.4 is 0 Å². The van der Waals surface area contributed by atoms with E-state index in [9.17, 15) is 4.79 Å². The van der Waals surface area contributed by atoms with E-state index in [0.29, 0.717) is 13.1 Å². The number of aromatic nitrogens is 1. The molecule has 1 aromatic heterocycles. The Morgan fingerprint density at radius 3 is 2.79 bits per heavy atom. The molecular weight excluding hydrogens is 236 g/mol. The van der Waals surface area contributed by atoms with Crippen molar-refractivity contribution in [2.75, 3.05) is 13.1 Å². The predicted octanol–water partition coefficient (Wildman–Crippen LogP) is 3.43. The maximum Gasteiger partial charge on any atom is 0.254 e. The van der Waals surface area contributed by atoms with Gasteiger partial charge in [-0.15, -0.1) is 6.58 Å². The molecule has 0 bridgehead atoms. The van der Waals surface area contributed by atoms with Crippen molar-refractivity contribution in [3.8, 4) is 0 Å². The molecule has 0 aliphatic rings. The maximum atomic E-state index is 12.4. The minimum Gasteiger partial charge on any atom is -0.358 e. The minimum absolute atomic E-state index is 0.0579. The van der Waals surface area contributed by atoms with Gasteiger partial charge in [-0.1, -0.05) is 6.08 Å². The number of carbonyl (C=O) groups excluding carboxylic acids is 1. The molecule has 0 fully saturated rings. The molecule has 1 heterocycles. The van der Waals surface area contributed by atoms with Crippen molar-refractivity contribution in [3.63, 3.8) is 0 Å². The van der Waals surface area contributed by atoms with Gasteiger partial charge < -0.3 is 9.88 Å². The third-order valence-electron chi connectivity index (χ3n) is 3.57. The number of amides is 1. The fraction of sp³-hybridized carbons (Fsp3) is 0.312. The standard InChI is InChI=1S/C16H20N2O/c1-5-9-18(6-2)16(19)13-7-8-15-14(10-13)11(3)12(4)17-15/h5,7-8,10,17H,1,6,9H2,2-4H3. The molecule has 2 aromatic rings. The summed E-state index contributed by atoms with van der Waals surface area (Å²) >= 11 is 0. The average Bonchev–Trinajstić information content (AvgIpc) is 2.70. The molecule has 100 valence electrons. The van der Waals surface area contributed by atoms with Crippen LogP contribution in [0.25, 0.3) is 10.9 Å². The van der Waals surface area contributed by atoms with E-state index < -0.39 is 0 Å². The molecule has 0 aliphatic heterocycles. The second kappa shape index (κ2) is 5.31. The largest absolute Gasteiger partial charge is 0.358 e. The van der Waals surface area contributed by atoms with Crippen molar-refractivity contribution < 1.29 is 4.79 Å². The lowest BCUT2D eigenvalue weighted by atomic mass is 10.1. The van der Waals surface area contributed by atoms with Crippen LogP contribution >= 0.6 is 0 Å². The zero-order chi connectivity index (χ0) is 14.0. The first-order valence-electron chi connectivity index (χ1n) is 6.57. The van der Waals surface area contributed by atoms with E-state index >= 15 is 0 Å². The number of aryl methyl sites for hydroxylation is 2. The van der Waals surface area contributed by atoms with Crippen LogP contribution in [0.3, 0.4) is 0 Å². The van der Waals surface area contributed by atoms with Gasteiger partial charge in [-0.3, -0.25) is 4.79 Å². The number of carbonyl (C=O) groups is 1. The highest BCUT2D eigenvalue weighted by molar-refractivity contribution is 5.99. The van der Waals surface area contributed by atoms with E-state index in [4.69, 9.17) is 0 Å². The monoisotopic (exact) mass is 256 g/mol. The SMILES string of the molecule is C=CCN(CC)C(=O)c1ccc2[nH]c(C)c(C)c2c1. The molecule has 0 spiro atoms. The van der Waals surface area contributed by atoms with E-state index in [0.717, 1.165) is 22.2 Å². The first-order valence-corrected chi connectivity index (χ1v) is 6.57. The van der Waals surface area contributed by atoms with E-state index in [2.05, 4.69) is 18.5 Å². The van der Waals surface area contributed by atoms with Gasteiger partial charge in [0.05, 0.1) is 0 Å². The van der Waals surface area contributed by atoms with Gasteiger partial charge in [0.25, 0.3) is 5.91 Å². The predicted molar refractivity (Wildman–Crippen MR) is 79.5 cm³/mol. The molecule has 0 saturated heterocycles. The zero-order valence-electron chi connectivity index (χ0n) is 11.8. The molecule has 1 aromatic carbocycles. The minimum atomic E-state index is 0.0579. The Labute approximate surface area is 113 Å². The second-order valence-electron chi connectivity index (χ2n) is 4.77. The Morgan fingerprint density at radius 1 is 1.42 bits per heavy atom. The van der Waals surface area contributed by atoms with Gasteiger partial charge in [-0.2, -0.15) is 0 Å². The molecule has 1 amide bonds. The van der Waals surface area contributed by atoms with Gasteiger partial charge in [0, 0.05) is 35.2 Å². The number of aromatic amines is 1. The van der Waals surface area contributed by atoms with E-state index in [1.54, 1.807) is 11.0 Å². The normalized spacial score (nSPS) is 10.7. The van der Waals surface area contributed by atoms with Crippen molar-refractivity contribution in [1.29, 1.82) is 0 Å². The fourth-order valence-corrected chi connectivity index (χ4v) is 2.29. The van der Waals surface area contributed by atoms with Crippen molar-refractivity contribution in [3.05, 3.63) is 47.7 Å². The summed E-state index contributed by atoms with van der Waals surface area (Å²) in [6.45, 7) is 11.1. The zero-order valence-corrected chi connectivity index (χ0v) is 11.8. The highest BCUT2D eigenvalue weighted by atomic mass is 16.2. The number of likely N-dealkylation sites (N-methyl/N-ethyl adjacent to an activating group) is 1. The lowest BCUT2D eigenvalue weighted by Crippen LogP contribution is -2.30. The van der Waals surface area contributed by atoms with Gasteiger partial charge in [0.15, 0.2) is 0 Å². The summed E-state index contributed by atoms with van der Waals surface area (Å²) in [5.74, 6) is 0.0579. The lowest BCUT2D eigenvalue weighted by Gasteiger charge is -2.19. The van der Waals surface area contributed by atoms with E-state index in [1.165, 1.54) is 5.56 Å². The van der Waals surface area contributed by atoms with Crippen LogP contribution in [0.4, 0.5) is 0 Å². The Kier molecular flexibility index (Phi) is 3.74. The highest BCUT2D eigenvalue weighted by Crippen LogP contribution is 2.23. The quantitative estimate of drug-likeness (QED) is 0.836. The van der Waals surface area contributed by atoms with Crippen LogP contribution in [0.1, 0.15) is 28.5 Å². The number of hydrogen-bond acceptors (Lipinski definition) is 1. The summed E-state index contributed by atoms with van der Waals surface area (Å²) in [6.07, 6.45) is 1.76. The molecule has 0 atom stereocenters. The van der Waals surface area contributed by atoms with Crippen LogP contribution in [0, 0.1) is 13.8 Å². The molecule has 19 heavy (non-hydrogen) atoms. The van der Waals surface area contributed by atoms with Crippen LogP contribution in [0.15, 0.2) is 30.9 Å². The van der Waals surface area contributed by atoms with E-state index in [1.807, 2.05) is 32.0 Å². The summed E-state index contributed by atoms with van der Waals surface area (Å²) < 4.78 is 0. The number of fused-ring (bicyclic) bond motifs is 1. The molecule has 0 unspecified atom stereocenters. The van der Waals surface area contributed by atoms with Crippen LogP contribution in [-0.2, 0) is 0 Å². The van der Waals surface area contributed by atoms with Crippen molar-refractivity contribution in [2.24, 2.45) is 0 Å². The number of rotatable bonds is 4. The average molecular weight is 256 g/mol. The molecule has 3 nitrogen and oxygen atoms in total. The Bertz CT molecular complexity index is 625. The molecule has 0 radical (unpaired) electrons. The lowest BCUT2D eigenvalue weighted by molar-refractivity contribution is 0.0782. The highest BCUT2D eigenvalue weighted by Gasteiger charge is 2.14. The second-order valence-corrected chi connectivity index (χ2v) is 4.77. The number of nitrogens with zero attached hydrogens (tertiary/aromatic N) is 1. The van der Waals surface area contributed by atoms with Crippen molar-refractivity contribution in [1.82, 2.24) is 9.88 Å². The Balaban J connectivity index is 2.42. The third kappa shape index (κ3) is 2.41. The van der Waals surface area contributed by atoms with Crippen molar-refractivity contribution >= 4 is 16.8 Å². The summed E-state index contributed by atoms with van der Waals surface area (Å²) in [6, 6.07) is 5.83. The molecule has 3 heteroatoms. The molecule has 2 rings (SSSR count). The number of nitrogens with one attached hydrogen (secondary N) is 1. The summed E-state index contributed by atoms with van der Waals surface area (Å²) in [4.78, 5) is 17.5. The fourth-order valence-electron chi connectivity index (χ4n) is 2.29. The van der Waals surface area contributed by atoms with Gasteiger partial charge >= 0.3 is 0 Å². The Morgan fingerprint density at radius 2 is 2.16 bits per heavy atom. The summed E-state index contributed by atoms with van der Waals surface area (Å²) in [7, 11) is 0. The Hall–Kier alpha value is -2.03. The smallest absolute Gasteiger partial charge is 0.254 e. The molecule has 0 saturated carbocycles. The molecule has 0 aliphatic carbocycles. The molecule has 1 N–H and O–H groups in total. The maximum absolute atomic E-state index is 12.4. The first-order chi connectivity index (χ1) is 9.08. The van der Waals surface area contributed by atoms with Gasteiger partial charge in [0.2, 0.25) is 0 Å². The summed E-state index contributed by atoms with van der Waals surface area (Å²) in [5.41, 5.74) is 4.17. The number of H-pyrrole nitrogens is 1. The van der Waals surface area contributed by atoms with E-state index in [-0.39, 0.29) is 5.91 Å². The summed E-state index contributed by atoms with van der Waals surface area (Å²) in [5, 5.41) is 1.12. The number of benzene rings is 1. The van der Waals surface area contributed by atoms with Gasteiger partial charge in [-0.05, 0) is 44.5 Å². The van der Waals surface area contributed by atoms with Gasteiger partial charge in [0.1, 0.15) is 0 Å². The molecular formula is C16H20N2O.